The second kappa shape index (κ2) is 7.03. The summed E-state index contributed by atoms with van der Waals surface area (Å²) < 4.78 is 27.1. The lowest BCUT2D eigenvalue weighted by Crippen LogP contribution is -2.30. The molecule has 0 aliphatic heterocycles. The van der Waals surface area contributed by atoms with E-state index in [0.29, 0.717) is 23.7 Å². The van der Waals surface area contributed by atoms with E-state index in [4.69, 9.17) is 0 Å². The molecular formula is C13H16BrN3O3S2. The van der Waals surface area contributed by atoms with Gasteiger partial charge in [-0.25, -0.2) is 13.4 Å². The number of halogens is 1. The number of hydrogen-bond donors (Lipinski definition) is 1. The summed E-state index contributed by atoms with van der Waals surface area (Å²) >= 11 is 4.32. The largest absolute Gasteiger partial charge is 0.301 e. The van der Waals surface area contributed by atoms with E-state index >= 15 is 0 Å². The summed E-state index contributed by atoms with van der Waals surface area (Å²) in [6, 6.07) is 4.81. The number of benzene rings is 1. The highest BCUT2D eigenvalue weighted by Gasteiger charge is 2.22. The molecule has 0 bridgehead atoms. The summed E-state index contributed by atoms with van der Waals surface area (Å²) in [5.74, 6) is -0.199. The smallest absolute Gasteiger partial charge is 0.243 e. The lowest BCUT2D eigenvalue weighted by molar-refractivity contribution is -0.113. The summed E-state index contributed by atoms with van der Waals surface area (Å²) in [5, 5.41) is 3.29. The third kappa shape index (κ3) is 3.48. The van der Waals surface area contributed by atoms with Gasteiger partial charge >= 0.3 is 0 Å². The summed E-state index contributed by atoms with van der Waals surface area (Å²) in [6.07, 6.45) is 0. The lowest BCUT2D eigenvalue weighted by Gasteiger charge is -2.18. The maximum absolute atomic E-state index is 12.5. The summed E-state index contributed by atoms with van der Waals surface area (Å²) in [5.41, 5.74) is 0.661. The van der Waals surface area contributed by atoms with E-state index < -0.39 is 10.0 Å². The average molecular weight is 406 g/mol. The van der Waals surface area contributed by atoms with Crippen molar-refractivity contribution in [2.45, 2.75) is 18.7 Å². The molecule has 1 aromatic carbocycles. The molecule has 2 aromatic rings. The average Bonchev–Trinajstić information content (AvgIpc) is 2.89. The number of hydrogen-bond acceptors (Lipinski definition) is 5. The van der Waals surface area contributed by atoms with Crippen molar-refractivity contribution >= 4 is 58.5 Å². The van der Waals surface area contributed by atoms with E-state index in [1.165, 1.54) is 15.6 Å². The molecule has 2 rings (SSSR count). The first kappa shape index (κ1) is 17.3. The molecule has 22 heavy (non-hydrogen) atoms. The minimum absolute atomic E-state index is 0.185. The zero-order valence-corrected chi connectivity index (χ0v) is 15.4. The molecule has 1 amide bonds. The molecule has 9 heteroatoms. The Morgan fingerprint density at radius 1 is 1.36 bits per heavy atom. The van der Waals surface area contributed by atoms with E-state index in [0.717, 1.165) is 4.70 Å². The normalized spacial score (nSPS) is 12.0. The van der Waals surface area contributed by atoms with Crippen LogP contribution in [0.25, 0.3) is 10.2 Å². The van der Waals surface area contributed by atoms with Crippen LogP contribution in [0.5, 0.6) is 0 Å². The van der Waals surface area contributed by atoms with Gasteiger partial charge in [-0.05, 0) is 18.2 Å². The van der Waals surface area contributed by atoms with Crippen LogP contribution in [0.1, 0.15) is 13.8 Å². The molecule has 1 aromatic heterocycles. The number of amides is 1. The Balaban J connectivity index is 2.40. The molecule has 0 saturated heterocycles. The van der Waals surface area contributed by atoms with Crippen LogP contribution in [-0.2, 0) is 14.8 Å². The number of anilines is 1. The molecule has 0 fully saturated rings. The number of carbonyl (C=O) groups excluding carboxylic acids is 1. The molecule has 0 unspecified atom stereocenters. The van der Waals surface area contributed by atoms with Gasteiger partial charge in [0.15, 0.2) is 5.13 Å². The molecule has 120 valence electrons. The van der Waals surface area contributed by atoms with Crippen LogP contribution < -0.4 is 5.32 Å². The number of carbonyl (C=O) groups is 1. The van der Waals surface area contributed by atoms with Crippen molar-refractivity contribution in [2.75, 3.05) is 23.7 Å². The van der Waals surface area contributed by atoms with Gasteiger partial charge in [-0.1, -0.05) is 41.1 Å². The highest BCUT2D eigenvalue weighted by molar-refractivity contribution is 9.09. The molecule has 0 aliphatic carbocycles. The van der Waals surface area contributed by atoms with Gasteiger partial charge in [0.2, 0.25) is 15.9 Å². The number of thiazole rings is 1. The Labute approximate surface area is 141 Å². The molecule has 0 saturated carbocycles. The van der Waals surface area contributed by atoms with Gasteiger partial charge in [0.05, 0.1) is 20.4 Å². The van der Waals surface area contributed by atoms with Crippen LogP contribution in [0.4, 0.5) is 5.13 Å². The molecular weight excluding hydrogens is 390 g/mol. The Kier molecular flexibility index (Phi) is 5.54. The van der Waals surface area contributed by atoms with Gasteiger partial charge in [0, 0.05) is 13.1 Å². The van der Waals surface area contributed by atoms with Gasteiger partial charge < -0.3 is 5.32 Å². The Hall–Kier alpha value is -1.03. The Bertz CT molecular complexity index is 785. The SMILES string of the molecule is CCN(CC)S(=O)(=O)c1ccc2nc(NC(=O)CBr)sc2c1. The third-order valence-corrected chi connectivity index (χ3v) is 6.56. The summed E-state index contributed by atoms with van der Waals surface area (Å²) in [4.78, 5) is 15.9. The molecule has 0 radical (unpaired) electrons. The first-order valence-electron chi connectivity index (χ1n) is 6.69. The van der Waals surface area contributed by atoms with Crippen molar-refractivity contribution in [2.24, 2.45) is 0 Å². The molecule has 6 nitrogen and oxygen atoms in total. The number of rotatable bonds is 6. The van der Waals surface area contributed by atoms with Crippen LogP contribution in [0, 0.1) is 0 Å². The van der Waals surface area contributed by atoms with Crippen LogP contribution in [-0.4, -0.2) is 42.0 Å². The first-order chi connectivity index (χ1) is 10.4. The Morgan fingerprint density at radius 2 is 2.05 bits per heavy atom. The first-order valence-corrected chi connectivity index (χ1v) is 10.1. The van der Waals surface area contributed by atoms with E-state index in [1.54, 1.807) is 32.0 Å². The quantitative estimate of drug-likeness (QED) is 0.749. The zero-order valence-electron chi connectivity index (χ0n) is 12.2. The van der Waals surface area contributed by atoms with Crippen LogP contribution in [0.2, 0.25) is 0 Å². The number of aromatic nitrogens is 1. The van der Waals surface area contributed by atoms with Gasteiger partial charge in [0.25, 0.3) is 0 Å². The summed E-state index contributed by atoms with van der Waals surface area (Å²) in [6.45, 7) is 4.46. The standard InChI is InChI=1S/C13H16BrN3O3S2/c1-3-17(4-2)22(19,20)9-5-6-10-11(7-9)21-13(15-10)16-12(18)8-14/h5-7H,3-4,8H2,1-2H3,(H,15,16,18). The lowest BCUT2D eigenvalue weighted by atomic mass is 10.3. The van der Waals surface area contributed by atoms with Crippen LogP contribution in [0.15, 0.2) is 23.1 Å². The number of fused-ring (bicyclic) bond motifs is 1. The number of sulfonamides is 1. The highest BCUT2D eigenvalue weighted by Crippen LogP contribution is 2.29. The second-order valence-electron chi connectivity index (χ2n) is 4.42. The van der Waals surface area contributed by atoms with Crippen molar-refractivity contribution in [1.82, 2.24) is 9.29 Å². The molecule has 1 N–H and O–H groups in total. The van der Waals surface area contributed by atoms with Gasteiger partial charge in [0.1, 0.15) is 0 Å². The fraction of sp³-hybridized carbons (Fsp3) is 0.385. The van der Waals surface area contributed by atoms with Crippen molar-refractivity contribution in [3.8, 4) is 0 Å². The third-order valence-electron chi connectivity index (χ3n) is 3.07. The predicted molar refractivity (Wildman–Crippen MR) is 92.2 cm³/mol. The number of alkyl halides is 1. The van der Waals surface area contributed by atoms with Crippen molar-refractivity contribution in [3.05, 3.63) is 18.2 Å². The number of nitrogens with one attached hydrogen (secondary N) is 1. The summed E-state index contributed by atoms with van der Waals surface area (Å²) in [7, 11) is -3.49. The van der Waals surface area contributed by atoms with E-state index in [-0.39, 0.29) is 16.1 Å². The van der Waals surface area contributed by atoms with Crippen molar-refractivity contribution in [1.29, 1.82) is 0 Å². The van der Waals surface area contributed by atoms with E-state index in [1.807, 2.05) is 0 Å². The molecule has 1 heterocycles. The minimum atomic E-state index is -3.49. The predicted octanol–water partition coefficient (Wildman–Crippen LogP) is 2.66. The van der Waals surface area contributed by atoms with Crippen molar-refractivity contribution < 1.29 is 13.2 Å². The van der Waals surface area contributed by atoms with Gasteiger partial charge in [-0.2, -0.15) is 4.31 Å². The monoisotopic (exact) mass is 405 g/mol. The Morgan fingerprint density at radius 3 is 2.64 bits per heavy atom. The van der Waals surface area contributed by atoms with Crippen LogP contribution >= 0.6 is 27.3 Å². The maximum atomic E-state index is 12.5. The molecule has 0 aliphatic rings. The van der Waals surface area contributed by atoms with E-state index in [9.17, 15) is 13.2 Å². The topological polar surface area (TPSA) is 79.4 Å². The zero-order chi connectivity index (χ0) is 16.3. The maximum Gasteiger partial charge on any atom is 0.243 e. The van der Waals surface area contributed by atoms with Crippen molar-refractivity contribution in [3.63, 3.8) is 0 Å². The fourth-order valence-electron chi connectivity index (χ4n) is 1.98. The minimum Gasteiger partial charge on any atom is -0.301 e. The van der Waals surface area contributed by atoms with E-state index in [2.05, 4.69) is 26.2 Å². The van der Waals surface area contributed by atoms with Gasteiger partial charge in [-0.15, -0.1) is 0 Å². The second-order valence-corrected chi connectivity index (χ2v) is 7.95. The fourth-order valence-corrected chi connectivity index (χ4v) is 4.60. The molecule has 0 atom stereocenters. The van der Waals surface area contributed by atoms with Crippen LogP contribution in [0.3, 0.4) is 0 Å². The highest BCUT2D eigenvalue weighted by atomic mass is 79.9. The van der Waals surface area contributed by atoms with Gasteiger partial charge in [-0.3, -0.25) is 4.79 Å². The molecule has 0 spiro atoms. The number of nitrogens with zero attached hydrogens (tertiary/aromatic N) is 2.